The normalized spacial score (nSPS) is 15.8. The number of rotatable bonds is 1. The first-order valence-corrected chi connectivity index (χ1v) is 5.01. The average molecular weight is 160 g/mol. The Morgan fingerprint density at radius 3 is 2.83 bits per heavy atom. The SMILES string of the molecule is CCc1cccc2c1CCCC2. The van der Waals surface area contributed by atoms with E-state index in [4.69, 9.17) is 0 Å². The lowest BCUT2D eigenvalue weighted by Crippen LogP contribution is -2.05. The van der Waals surface area contributed by atoms with Crippen LogP contribution in [0.1, 0.15) is 36.5 Å². The Hall–Kier alpha value is -0.780. The second-order valence-corrected chi connectivity index (χ2v) is 3.62. The molecule has 1 aromatic rings. The molecule has 0 aromatic heterocycles. The molecule has 0 heterocycles. The van der Waals surface area contributed by atoms with Gasteiger partial charge in [-0.15, -0.1) is 0 Å². The fourth-order valence-corrected chi connectivity index (χ4v) is 2.19. The van der Waals surface area contributed by atoms with Crippen molar-refractivity contribution in [1.82, 2.24) is 0 Å². The molecule has 1 aromatic carbocycles. The summed E-state index contributed by atoms with van der Waals surface area (Å²) in [5.41, 5.74) is 4.85. The van der Waals surface area contributed by atoms with Crippen LogP contribution in [0.25, 0.3) is 0 Å². The number of fused-ring (bicyclic) bond motifs is 1. The molecule has 2 rings (SSSR count). The van der Waals surface area contributed by atoms with Crippen molar-refractivity contribution >= 4 is 0 Å². The van der Waals surface area contributed by atoms with Gasteiger partial charge in [-0.3, -0.25) is 0 Å². The van der Waals surface area contributed by atoms with Gasteiger partial charge in [-0.05, 0) is 48.8 Å². The zero-order chi connectivity index (χ0) is 8.39. The maximum Gasteiger partial charge on any atom is -0.0273 e. The number of aryl methyl sites for hydroxylation is 2. The summed E-state index contributed by atoms with van der Waals surface area (Å²) in [4.78, 5) is 0. The third-order valence-electron chi connectivity index (χ3n) is 2.87. The highest BCUT2D eigenvalue weighted by Gasteiger charge is 2.10. The van der Waals surface area contributed by atoms with Crippen LogP contribution >= 0.6 is 0 Å². The van der Waals surface area contributed by atoms with Crippen LogP contribution in [0.15, 0.2) is 18.2 Å². The van der Waals surface area contributed by atoms with Gasteiger partial charge in [0.25, 0.3) is 0 Å². The molecule has 1 aliphatic carbocycles. The Kier molecular flexibility index (Phi) is 2.16. The van der Waals surface area contributed by atoms with Crippen molar-refractivity contribution < 1.29 is 0 Å². The van der Waals surface area contributed by atoms with Gasteiger partial charge in [-0.1, -0.05) is 25.1 Å². The number of hydrogen-bond acceptors (Lipinski definition) is 0. The topological polar surface area (TPSA) is 0 Å². The molecule has 0 radical (unpaired) electrons. The quantitative estimate of drug-likeness (QED) is 0.592. The fourth-order valence-electron chi connectivity index (χ4n) is 2.19. The second-order valence-electron chi connectivity index (χ2n) is 3.62. The van der Waals surface area contributed by atoms with E-state index in [1.807, 2.05) is 0 Å². The van der Waals surface area contributed by atoms with Crippen LogP contribution in [0, 0.1) is 0 Å². The van der Waals surface area contributed by atoms with Crippen LogP contribution in [-0.2, 0) is 19.3 Å². The number of hydrogen-bond donors (Lipinski definition) is 0. The van der Waals surface area contributed by atoms with Crippen molar-refractivity contribution in [1.29, 1.82) is 0 Å². The monoisotopic (exact) mass is 160 g/mol. The van der Waals surface area contributed by atoms with Crippen LogP contribution in [0.4, 0.5) is 0 Å². The van der Waals surface area contributed by atoms with Crippen LogP contribution in [0.3, 0.4) is 0 Å². The highest BCUT2D eigenvalue weighted by Crippen LogP contribution is 2.24. The molecule has 0 nitrogen and oxygen atoms in total. The third kappa shape index (κ3) is 1.26. The highest BCUT2D eigenvalue weighted by atomic mass is 14.2. The summed E-state index contributed by atoms with van der Waals surface area (Å²) in [5.74, 6) is 0. The van der Waals surface area contributed by atoms with E-state index >= 15 is 0 Å². The Balaban J connectivity index is 2.44. The molecule has 0 N–H and O–H groups in total. The lowest BCUT2D eigenvalue weighted by atomic mass is 9.87. The minimum absolute atomic E-state index is 1.20. The second kappa shape index (κ2) is 3.30. The molecule has 0 unspecified atom stereocenters. The standard InChI is InChI=1S/C12H16/c1-2-10-7-5-8-11-6-3-4-9-12(10)11/h5,7-8H,2-4,6,9H2,1H3. The zero-order valence-corrected chi connectivity index (χ0v) is 7.77. The summed E-state index contributed by atoms with van der Waals surface area (Å²) < 4.78 is 0. The molecule has 0 spiro atoms. The first-order valence-electron chi connectivity index (χ1n) is 5.01. The molecule has 0 saturated heterocycles. The van der Waals surface area contributed by atoms with Crippen molar-refractivity contribution in [2.45, 2.75) is 39.0 Å². The fraction of sp³-hybridized carbons (Fsp3) is 0.500. The average Bonchev–Trinajstić information content (AvgIpc) is 2.17. The van der Waals surface area contributed by atoms with Gasteiger partial charge in [0.2, 0.25) is 0 Å². The molecule has 64 valence electrons. The summed E-state index contributed by atoms with van der Waals surface area (Å²) in [5, 5.41) is 0. The van der Waals surface area contributed by atoms with Gasteiger partial charge in [-0.25, -0.2) is 0 Å². The zero-order valence-electron chi connectivity index (χ0n) is 7.77. The largest absolute Gasteiger partial charge is 0.0617 e. The lowest BCUT2D eigenvalue weighted by molar-refractivity contribution is 0.679. The molecular formula is C12H16. The Morgan fingerprint density at radius 1 is 1.17 bits per heavy atom. The smallest absolute Gasteiger partial charge is 0.0273 e. The molecule has 0 aliphatic heterocycles. The summed E-state index contributed by atoms with van der Waals surface area (Å²) in [6.45, 7) is 2.25. The predicted molar refractivity (Wildman–Crippen MR) is 52.5 cm³/mol. The molecule has 0 atom stereocenters. The van der Waals surface area contributed by atoms with Crippen LogP contribution in [0.2, 0.25) is 0 Å². The molecule has 12 heavy (non-hydrogen) atoms. The minimum atomic E-state index is 1.20. The van der Waals surface area contributed by atoms with E-state index in [1.54, 1.807) is 16.7 Å². The van der Waals surface area contributed by atoms with Gasteiger partial charge < -0.3 is 0 Å². The van der Waals surface area contributed by atoms with E-state index in [0.29, 0.717) is 0 Å². The van der Waals surface area contributed by atoms with Gasteiger partial charge in [-0.2, -0.15) is 0 Å². The maximum absolute atomic E-state index is 2.30. The predicted octanol–water partition coefficient (Wildman–Crippen LogP) is 3.13. The molecular weight excluding hydrogens is 144 g/mol. The summed E-state index contributed by atoms with van der Waals surface area (Å²) in [6.07, 6.45) is 6.61. The molecule has 0 bridgehead atoms. The number of benzene rings is 1. The molecule has 0 fully saturated rings. The maximum atomic E-state index is 2.30. The molecule has 0 saturated carbocycles. The van der Waals surface area contributed by atoms with E-state index in [-0.39, 0.29) is 0 Å². The molecule has 0 amide bonds. The van der Waals surface area contributed by atoms with Crippen molar-refractivity contribution in [2.75, 3.05) is 0 Å². The van der Waals surface area contributed by atoms with E-state index in [1.165, 1.54) is 32.1 Å². The highest BCUT2D eigenvalue weighted by molar-refractivity contribution is 5.36. The third-order valence-corrected chi connectivity index (χ3v) is 2.87. The Bertz CT molecular complexity index is 259. The van der Waals surface area contributed by atoms with Crippen LogP contribution < -0.4 is 0 Å². The van der Waals surface area contributed by atoms with Crippen molar-refractivity contribution in [3.63, 3.8) is 0 Å². The van der Waals surface area contributed by atoms with Crippen molar-refractivity contribution in [3.8, 4) is 0 Å². The molecule has 1 aliphatic rings. The lowest BCUT2D eigenvalue weighted by Gasteiger charge is -2.18. The first kappa shape index (κ1) is 7.85. The van der Waals surface area contributed by atoms with Gasteiger partial charge in [0.15, 0.2) is 0 Å². The van der Waals surface area contributed by atoms with E-state index in [9.17, 15) is 0 Å². The van der Waals surface area contributed by atoms with E-state index in [0.717, 1.165) is 0 Å². The summed E-state index contributed by atoms with van der Waals surface area (Å²) in [7, 11) is 0. The molecule has 0 heteroatoms. The Morgan fingerprint density at radius 2 is 2.00 bits per heavy atom. The van der Waals surface area contributed by atoms with Crippen LogP contribution in [0.5, 0.6) is 0 Å². The van der Waals surface area contributed by atoms with E-state index in [2.05, 4.69) is 25.1 Å². The van der Waals surface area contributed by atoms with Gasteiger partial charge >= 0.3 is 0 Å². The van der Waals surface area contributed by atoms with Crippen LogP contribution in [-0.4, -0.2) is 0 Å². The minimum Gasteiger partial charge on any atom is -0.0617 e. The first-order chi connectivity index (χ1) is 5.92. The van der Waals surface area contributed by atoms with Crippen molar-refractivity contribution in [2.24, 2.45) is 0 Å². The van der Waals surface area contributed by atoms with Gasteiger partial charge in [0, 0.05) is 0 Å². The summed E-state index contributed by atoms with van der Waals surface area (Å²) in [6, 6.07) is 6.79. The van der Waals surface area contributed by atoms with E-state index < -0.39 is 0 Å². The summed E-state index contributed by atoms with van der Waals surface area (Å²) >= 11 is 0. The van der Waals surface area contributed by atoms with Gasteiger partial charge in [0.1, 0.15) is 0 Å². The van der Waals surface area contributed by atoms with Gasteiger partial charge in [0.05, 0.1) is 0 Å². The Labute approximate surface area is 74.6 Å². The van der Waals surface area contributed by atoms with Crippen molar-refractivity contribution in [3.05, 3.63) is 34.9 Å².